The van der Waals surface area contributed by atoms with Crippen LogP contribution in [-0.4, -0.2) is 29.9 Å². The second-order valence-corrected chi connectivity index (χ2v) is 6.11. The SMILES string of the molecule is CC(C)C1CCN(C(=O)C2CCCC2N)CC1. The molecule has 2 atom stereocenters. The van der Waals surface area contributed by atoms with Crippen LogP contribution in [0.3, 0.4) is 0 Å². The van der Waals surface area contributed by atoms with Crippen molar-refractivity contribution in [1.29, 1.82) is 0 Å². The van der Waals surface area contributed by atoms with E-state index in [2.05, 4.69) is 18.7 Å². The lowest BCUT2D eigenvalue weighted by Crippen LogP contribution is -2.45. The molecular formula is C14H26N2O. The van der Waals surface area contributed by atoms with Crippen LogP contribution in [0.4, 0.5) is 0 Å². The number of amides is 1. The zero-order chi connectivity index (χ0) is 12.4. The predicted octanol–water partition coefficient (Wildman–Crippen LogP) is 2.01. The summed E-state index contributed by atoms with van der Waals surface area (Å²) in [6.45, 7) is 6.47. The van der Waals surface area contributed by atoms with Crippen molar-refractivity contribution in [2.75, 3.05) is 13.1 Å². The number of nitrogens with two attached hydrogens (primary N) is 1. The van der Waals surface area contributed by atoms with Crippen LogP contribution in [0.2, 0.25) is 0 Å². The molecule has 2 unspecified atom stereocenters. The minimum atomic E-state index is 0.116. The van der Waals surface area contributed by atoms with E-state index in [-0.39, 0.29) is 12.0 Å². The topological polar surface area (TPSA) is 46.3 Å². The summed E-state index contributed by atoms with van der Waals surface area (Å²) < 4.78 is 0. The standard InChI is InChI=1S/C14H26N2O/c1-10(2)11-6-8-16(9-7-11)14(17)12-4-3-5-13(12)15/h10-13H,3-9,15H2,1-2H3. The fourth-order valence-electron chi connectivity index (χ4n) is 3.32. The van der Waals surface area contributed by atoms with Crippen molar-refractivity contribution in [3.8, 4) is 0 Å². The molecule has 2 aliphatic rings. The van der Waals surface area contributed by atoms with Crippen LogP contribution in [-0.2, 0) is 4.79 Å². The lowest BCUT2D eigenvalue weighted by Gasteiger charge is -2.35. The van der Waals surface area contributed by atoms with Crippen LogP contribution in [0.1, 0.15) is 46.0 Å². The molecule has 17 heavy (non-hydrogen) atoms. The van der Waals surface area contributed by atoms with Crippen LogP contribution >= 0.6 is 0 Å². The third kappa shape index (κ3) is 2.82. The van der Waals surface area contributed by atoms with Crippen molar-refractivity contribution in [2.45, 2.75) is 52.0 Å². The first-order chi connectivity index (χ1) is 8.09. The minimum absolute atomic E-state index is 0.116. The Kier molecular flexibility index (Phi) is 4.08. The number of hydrogen-bond donors (Lipinski definition) is 1. The lowest BCUT2D eigenvalue weighted by atomic mass is 9.86. The van der Waals surface area contributed by atoms with Gasteiger partial charge in [0, 0.05) is 19.1 Å². The Labute approximate surface area is 105 Å². The summed E-state index contributed by atoms with van der Waals surface area (Å²) in [5.74, 6) is 2.00. The van der Waals surface area contributed by atoms with E-state index in [9.17, 15) is 4.79 Å². The molecule has 0 aromatic carbocycles. The molecule has 1 amide bonds. The van der Waals surface area contributed by atoms with Gasteiger partial charge in [-0.05, 0) is 37.5 Å². The molecule has 0 aromatic heterocycles. The fraction of sp³-hybridized carbons (Fsp3) is 0.929. The highest BCUT2D eigenvalue weighted by atomic mass is 16.2. The minimum Gasteiger partial charge on any atom is -0.342 e. The van der Waals surface area contributed by atoms with Gasteiger partial charge in [-0.2, -0.15) is 0 Å². The Morgan fingerprint density at radius 1 is 1.18 bits per heavy atom. The molecule has 1 aliphatic carbocycles. The van der Waals surface area contributed by atoms with Crippen molar-refractivity contribution in [3.05, 3.63) is 0 Å². The van der Waals surface area contributed by atoms with E-state index in [1.807, 2.05) is 0 Å². The molecule has 0 radical (unpaired) electrons. The van der Waals surface area contributed by atoms with Crippen LogP contribution < -0.4 is 5.73 Å². The van der Waals surface area contributed by atoms with E-state index in [0.29, 0.717) is 5.91 Å². The van der Waals surface area contributed by atoms with Crippen molar-refractivity contribution >= 4 is 5.91 Å². The molecule has 1 aliphatic heterocycles. The number of carbonyl (C=O) groups is 1. The quantitative estimate of drug-likeness (QED) is 0.800. The van der Waals surface area contributed by atoms with E-state index >= 15 is 0 Å². The Balaban J connectivity index is 1.86. The van der Waals surface area contributed by atoms with Crippen LogP contribution in [0, 0.1) is 17.8 Å². The summed E-state index contributed by atoms with van der Waals surface area (Å²) in [5.41, 5.74) is 6.01. The second-order valence-electron chi connectivity index (χ2n) is 6.11. The van der Waals surface area contributed by atoms with E-state index in [1.165, 1.54) is 12.8 Å². The van der Waals surface area contributed by atoms with Gasteiger partial charge in [0.2, 0.25) is 5.91 Å². The van der Waals surface area contributed by atoms with Crippen molar-refractivity contribution in [3.63, 3.8) is 0 Å². The first-order valence-corrected chi connectivity index (χ1v) is 7.14. The largest absolute Gasteiger partial charge is 0.342 e. The fourth-order valence-corrected chi connectivity index (χ4v) is 3.32. The normalized spacial score (nSPS) is 31.2. The lowest BCUT2D eigenvalue weighted by molar-refractivity contribution is -0.137. The van der Waals surface area contributed by atoms with Crippen molar-refractivity contribution in [1.82, 2.24) is 4.90 Å². The molecular weight excluding hydrogens is 212 g/mol. The monoisotopic (exact) mass is 238 g/mol. The van der Waals surface area contributed by atoms with Gasteiger partial charge in [-0.25, -0.2) is 0 Å². The summed E-state index contributed by atoms with van der Waals surface area (Å²) in [6.07, 6.45) is 5.50. The van der Waals surface area contributed by atoms with E-state index in [0.717, 1.165) is 44.2 Å². The molecule has 0 spiro atoms. The molecule has 3 nitrogen and oxygen atoms in total. The molecule has 1 saturated carbocycles. The maximum atomic E-state index is 12.3. The number of piperidine rings is 1. The van der Waals surface area contributed by atoms with E-state index in [1.54, 1.807) is 0 Å². The summed E-state index contributed by atoms with van der Waals surface area (Å²) >= 11 is 0. The number of carbonyl (C=O) groups excluding carboxylic acids is 1. The summed E-state index contributed by atoms with van der Waals surface area (Å²) in [7, 11) is 0. The van der Waals surface area contributed by atoms with E-state index < -0.39 is 0 Å². The van der Waals surface area contributed by atoms with Gasteiger partial charge in [-0.1, -0.05) is 20.3 Å². The van der Waals surface area contributed by atoms with Crippen LogP contribution in [0.5, 0.6) is 0 Å². The summed E-state index contributed by atoms with van der Waals surface area (Å²) in [5, 5.41) is 0. The maximum absolute atomic E-state index is 12.3. The number of likely N-dealkylation sites (tertiary alicyclic amines) is 1. The van der Waals surface area contributed by atoms with Gasteiger partial charge in [-0.3, -0.25) is 4.79 Å². The third-order valence-electron chi connectivity index (χ3n) is 4.68. The predicted molar refractivity (Wildman–Crippen MR) is 69.5 cm³/mol. The zero-order valence-corrected chi connectivity index (χ0v) is 11.2. The molecule has 2 rings (SSSR count). The molecule has 2 N–H and O–H groups in total. The van der Waals surface area contributed by atoms with Crippen LogP contribution in [0.25, 0.3) is 0 Å². The highest BCUT2D eigenvalue weighted by Crippen LogP contribution is 2.29. The number of rotatable bonds is 2. The van der Waals surface area contributed by atoms with Gasteiger partial charge in [0.15, 0.2) is 0 Å². The maximum Gasteiger partial charge on any atom is 0.227 e. The molecule has 3 heteroatoms. The Morgan fingerprint density at radius 2 is 1.82 bits per heavy atom. The number of hydrogen-bond acceptors (Lipinski definition) is 2. The van der Waals surface area contributed by atoms with Gasteiger partial charge < -0.3 is 10.6 Å². The Bertz CT molecular complexity index is 269. The Hall–Kier alpha value is -0.570. The van der Waals surface area contributed by atoms with Crippen molar-refractivity contribution < 1.29 is 4.79 Å². The summed E-state index contributed by atoms with van der Waals surface area (Å²) in [4.78, 5) is 14.4. The van der Waals surface area contributed by atoms with E-state index in [4.69, 9.17) is 5.73 Å². The smallest absolute Gasteiger partial charge is 0.227 e. The second kappa shape index (κ2) is 5.38. The van der Waals surface area contributed by atoms with Gasteiger partial charge >= 0.3 is 0 Å². The summed E-state index contributed by atoms with van der Waals surface area (Å²) in [6, 6.07) is 0.116. The highest BCUT2D eigenvalue weighted by molar-refractivity contribution is 5.80. The van der Waals surface area contributed by atoms with Gasteiger partial charge in [0.05, 0.1) is 5.92 Å². The third-order valence-corrected chi connectivity index (χ3v) is 4.68. The molecule has 0 aromatic rings. The molecule has 98 valence electrons. The van der Waals surface area contributed by atoms with Crippen molar-refractivity contribution in [2.24, 2.45) is 23.5 Å². The van der Waals surface area contributed by atoms with Gasteiger partial charge in [-0.15, -0.1) is 0 Å². The zero-order valence-electron chi connectivity index (χ0n) is 11.2. The first kappa shape index (κ1) is 12.9. The first-order valence-electron chi connectivity index (χ1n) is 7.14. The van der Waals surface area contributed by atoms with Crippen LogP contribution in [0.15, 0.2) is 0 Å². The Morgan fingerprint density at radius 3 is 2.29 bits per heavy atom. The molecule has 1 heterocycles. The number of nitrogens with zero attached hydrogens (tertiary/aromatic N) is 1. The van der Waals surface area contributed by atoms with Gasteiger partial charge in [0.25, 0.3) is 0 Å². The average molecular weight is 238 g/mol. The van der Waals surface area contributed by atoms with Gasteiger partial charge in [0.1, 0.15) is 0 Å². The molecule has 0 bridgehead atoms. The molecule has 2 fully saturated rings. The molecule has 1 saturated heterocycles. The average Bonchev–Trinajstić information content (AvgIpc) is 2.74. The highest BCUT2D eigenvalue weighted by Gasteiger charge is 2.34.